The van der Waals surface area contributed by atoms with Crippen LogP contribution in [0.2, 0.25) is 0 Å². The number of rotatable bonds is 2. The van der Waals surface area contributed by atoms with Crippen molar-refractivity contribution in [2.75, 3.05) is 13.1 Å². The number of aromatic nitrogens is 2. The Morgan fingerprint density at radius 2 is 2.25 bits per heavy atom. The van der Waals surface area contributed by atoms with Gasteiger partial charge in [0.25, 0.3) is 0 Å². The summed E-state index contributed by atoms with van der Waals surface area (Å²) in [5.74, 6) is 2.70. The predicted octanol–water partition coefficient (Wildman–Crippen LogP) is 2.05. The standard InChI is InChI=1S/C12H19N3O/c1-12(2)6-9(12)11-14-10(15-16-11)8-4-3-5-13-7-8/h8-9,13H,3-7H2,1-2H3. The maximum Gasteiger partial charge on any atom is 0.230 e. The monoisotopic (exact) mass is 221 g/mol. The second-order valence-electron chi connectivity index (χ2n) is 5.78. The SMILES string of the molecule is CC1(C)CC1c1nc(C2CCCNC2)no1. The Kier molecular flexibility index (Phi) is 2.28. The number of piperidine rings is 1. The average molecular weight is 221 g/mol. The summed E-state index contributed by atoms with van der Waals surface area (Å²) in [5, 5.41) is 7.52. The molecule has 2 atom stereocenters. The molecule has 2 fully saturated rings. The largest absolute Gasteiger partial charge is 0.339 e. The third-order valence-electron chi connectivity index (χ3n) is 3.93. The first-order chi connectivity index (χ1) is 7.67. The van der Waals surface area contributed by atoms with E-state index in [1.54, 1.807) is 0 Å². The Hall–Kier alpha value is -0.900. The highest BCUT2D eigenvalue weighted by Crippen LogP contribution is 2.58. The fourth-order valence-electron chi connectivity index (χ4n) is 2.52. The number of hydrogen-bond acceptors (Lipinski definition) is 4. The maximum absolute atomic E-state index is 5.39. The molecule has 0 bridgehead atoms. The molecule has 0 aromatic carbocycles. The summed E-state index contributed by atoms with van der Waals surface area (Å²) in [6, 6.07) is 0. The van der Waals surface area contributed by atoms with Gasteiger partial charge in [-0.3, -0.25) is 0 Å². The number of nitrogens with zero attached hydrogens (tertiary/aromatic N) is 2. The molecular weight excluding hydrogens is 202 g/mol. The highest BCUT2D eigenvalue weighted by atomic mass is 16.5. The second kappa shape index (κ2) is 3.55. The smallest absolute Gasteiger partial charge is 0.230 e. The van der Waals surface area contributed by atoms with Crippen molar-refractivity contribution >= 4 is 0 Å². The van der Waals surface area contributed by atoms with Crippen molar-refractivity contribution in [1.82, 2.24) is 15.5 Å². The molecule has 16 heavy (non-hydrogen) atoms. The van der Waals surface area contributed by atoms with Crippen LogP contribution in [0.1, 0.15) is 56.7 Å². The summed E-state index contributed by atoms with van der Waals surface area (Å²) in [6.07, 6.45) is 3.57. The molecule has 0 radical (unpaired) electrons. The Labute approximate surface area is 95.8 Å². The highest BCUT2D eigenvalue weighted by Gasteiger charge is 2.50. The molecule has 2 heterocycles. The zero-order valence-corrected chi connectivity index (χ0v) is 9.99. The minimum absolute atomic E-state index is 0.370. The lowest BCUT2D eigenvalue weighted by molar-refractivity contribution is 0.353. The zero-order valence-electron chi connectivity index (χ0n) is 9.99. The predicted molar refractivity (Wildman–Crippen MR) is 60.3 cm³/mol. The molecule has 88 valence electrons. The fourth-order valence-corrected chi connectivity index (χ4v) is 2.52. The van der Waals surface area contributed by atoms with Crippen molar-refractivity contribution in [3.63, 3.8) is 0 Å². The van der Waals surface area contributed by atoms with Gasteiger partial charge in [0.1, 0.15) is 0 Å². The van der Waals surface area contributed by atoms with Crippen molar-refractivity contribution in [1.29, 1.82) is 0 Å². The lowest BCUT2D eigenvalue weighted by Crippen LogP contribution is -2.28. The molecule has 4 heteroatoms. The molecule has 0 spiro atoms. The van der Waals surface area contributed by atoms with Crippen molar-refractivity contribution in [2.45, 2.75) is 44.9 Å². The van der Waals surface area contributed by atoms with Crippen LogP contribution < -0.4 is 5.32 Å². The Morgan fingerprint density at radius 3 is 2.88 bits per heavy atom. The average Bonchev–Trinajstić information content (AvgIpc) is 2.76. The van der Waals surface area contributed by atoms with Gasteiger partial charge in [-0.1, -0.05) is 19.0 Å². The van der Waals surface area contributed by atoms with Crippen molar-refractivity contribution < 1.29 is 4.52 Å². The van der Waals surface area contributed by atoms with E-state index in [1.807, 2.05) is 0 Å². The van der Waals surface area contributed by atoms with E-state index in [-0.39, 0.29) is 0 Å². The van der Waals surface area contributed by atoms with E-state index in [4.69, 9.17) is 4.52 Å². The molecular formula is C12H19N3O. The maximum atomic E-state index is 5.39. The van der Waals surface area contributed by atoms with Crippen LogP contribution in [0, 0.1) is 5.41 Å². The summed E-state index contributed by atoms with van der Waals surface area (Å²) < 4.78 is 5.39. The number of nitrogens with one attached hydrogen (secondary N) is 1. The lowest BCUT2D eigenvalue weighted by Gasteiger charge is -2.19. The quantitative estimate of drug-likeness (QED) is 0.830. The summed E-state index contributed by atoms with van der Waals surface area (Å²) >= 11 is 0. The topological polar surface area (TPSA) is 51.0 Å². The van der Waals surface area contributed by atoms with E-state index < -0.39 is 0 Å². The van der Waals surface area contributed by atoms with Gasteiger partial charge in [-0.2, -0.15) is 4.98 Å². The van der Waals surface area contributed by atoms with Crippen molar-refractivity contribution in [3.05, 3.63) is 11.7 Å². The van der Waals surface area contributed by atoms with E-state index >= 15 is 0 Å². The summed E-state index contributed by atoms with van der Waals surface area (Å²) in [4.78, 5) is 4.57. The fraction of sp³-hybridized carbons (Fsp3) is 0.833. The van der Waals surface area contributed by atoms with Gasteiger partial charge in [0, 0.05) is 18.4 Å². The van der Waals surface area contributed by atoms with E-state index in [1.165, 1.54) is 19.3 Å². The van der Waals surface area contributed by atoms with Crippen LogP contribution in [-0.2, 0) is 0 Å². The summed E-state index contributed by atoms with van der Waals surface area (Å²) in [6.45, 7) is 6.62. The van der Waals surface area contributed by atoms with Crippen LogP contribution in [0.3, 0.4) is 0 Å². The van der Waals surface area contributed by atoms with Gasteiger partial charge < -0.3 is 9.84 Å². The first-order valence-electron chi connectivity index (χ1n) is 6.21. The first kappa shape index (κ1) is 10.3. The van der Waals surface area contributed by atoms with Crippen molar-refractivity contribution in [2.24, 2.45) is 5.41 Å². The van der Waals surface area contributed by atoms with Crippen LogP contribution in [0.25, 0.3) is 0 Å². The molecule has 0 amide bonds. The Bertz CT molecular complexity index is 379. The van der Waals surface area contributed by atoms with E-state index in [0.717, 1.165) is 24.8 Å². The minimum Gasteiger partial charge on any atom is -0.339 e. The van der Waals surface area contributed by atoms with Crippen LogP contribution in [0.15, 0.2) is 4.52 Å². The molecule has 4 nitrogen and oxygen atoms in total. The normalized spacial score (nSPS) is 32.6. The minimum atomic E-state index is 0.370. The van der Waals surface area contributed by atoms with Gasteiger partial charge in [-0.25, -0.2) is 0 Å². The van der Waals surface area contributed by atoms with Gasteiger partial charge >= 0.3 is 0 Å². The van der Waals surface area contributed by atoms with Gasteiger partial charge in [-0.05, 0) is 31.2 Å². The Morgan fingerprint density at radius 1 is 1.44 bits per heavy atom. The van der Waals surface area contributed by atoms with Crippen LogP contribution in [0.5, 0.6) is 0 Å². The van der Waals surface area contributed by atoms with Crippen LogP contribution in [-0.4, -0.2) is 23.2 Å². The van der Waals surface area contributed by atoms with Gasteiger partial charge in [-0.15, -0.1) is 0 Å². The molecule has 3 rings (SSSR count). The van der Waals surface area contributed by atoms with Crippen LogP contribution >= 0.6 is 0 Å². The molecule has 2 unspecified atom stereocenters. The lowest BCUT2D eigenvalue weighted by atomic mass is 9.99. The molecule has 1 aliphatic heterocycles. The molecule has 1 aromatic rings. The first-order valence-corrected chi connectivity index (χ1v) is 6.21. The third kappa shape index (κ3) is 1.75. The molecule has 1 saturated carbocycles. The van der Waals surface area contributed by atoms with Crippen molar-refractivity contribution in [3.8, 4) is 0 Å². The highest BCUT2D eigenvalue weighted by molar-refractivity contribution is 5.14. The molecule has 2 aliphatic rings. The van der Waals surface area contributed by atoms with Gasteiger partial charge in [0.15, 0.2) is 5.82 Å². The second-order valence-corrected chi connectivity index (χ2v) is 5.78. The molecule has 1 N–H and O–H groups in total. The van der Waals surface area contributed by atoms with E-state index in [9.17, 15) is 0 Å². The zero-order chi connectivity index (χ0) is 11.2. The van der Waals surface area contributed by atoms with E-state index in [0.29, 0.717) is 17.3 Å². The van der Waals surface area contributed by atoms with Gasteiger partial charge in [0.05, 0.1) is 0 Å². The summed E-state index contributed by atoms with van der Waals surface area (Å²) in [7, 11) is 0. The third-order valence-corrected chi connectivity index (χ3v) is 3.93. The van der Waals surface area contributed by atoms with Gasteiger partial charge in [0.2, 0.25) is 5.89 Å². The van der Waals surface area contributed by atoms with E-state index in [2.05, 4.69) is 29.3 Å². The number of hydrogen-bond donors (Lipinski definition) is 1. The summed E-state index contributed by atoms with van der Waals surface area (Å²) in [5.41, 5.74) is 0.370. The molecule has 1 saturated heterocycles. The Balaban J connectivity index is 1.72. The molecule has 1 aromatic heterocycles. The van der Waals surface area contributed by atoms with Crippen LogP contribution in [0.4, 0.5) is 0 Å². The molecule has 1 aliphatic carbocycles.